The second-order valence-corrected chi connectivity index (χ2v) is 7.40. The van der Waals surface area contributed by atoms with Crippen molar-refractivity contribution in [2.24, 2.45) is 0 Å². The summed E-state index contributed by atoms with van der Waals surface area (Å²) in [4.78, 5) is 0. The maximum absolute atomic E-state index is 6.07. The van der Waals surface area contributed by atoms with Gasteiger partial charge < -0.3 is 4.74 Å². The Labute approximate surface area is 140 Å². The van der Waals surface area contributed by atoms with Gasteiger partial charge in [-0.2, -0.15) is 0 Å². The molecule has 0 radical (unpaired) electrons. The first-order valence-electron chi connectivity index (χ1n) is 6.94. The van der Waals surface area contributed by atoms with Gasteiger partial charge in [0.2, 0.25) is 0 Å². The Hall–Kier alpha value is -0.990. The molecule has 0 heterocycles. The molecular weight excluding hydrogens is 348 g/mol. The van der Waals surface area contributed by atoms with Crippen LogP contribution in [-0.4, -0.2) is 0 Å². The van der Waals surface area contributed by atoms with E-state index in [1.54, 1.807) is 0 Å². The molecule has 0 aliphatic carbocycles. The zero-order chi connectivity index (χ0) is 15.6. The molecule has 3 heteroatoms. The van der Waals surface area contributed by atoms with Crippen LogP contribution in [0.2, 0.25) is 0 Å². The van der Waals surface area contributed by atoms with E-state index in [1.165, 1.54) is 5.56 Å². The number of hydrogen-bond acceptors (Lipinski definition) is 1. The predicted octanol–water partition coefficient (Wildman–Crippen LogP) is 6.59. The largest absolute Gasteiger partial charge is 0.457 e. The van der Waals surface area contributed by atoms with Gasteiger partial charge in [0.25, 0.3) is 0 Å². The van der Waals surface area contributed by atoms with Gasteiger partial charge in [0.1, 0.15) is 11.5 Å². The van der Waals surface area contributed by atoms with Crippen LogP contribution in [0.4, 0.5) is 0 Å². The van der Waals surface area contributed by atoms with Gasteiger partial charge in [-0.05, 0) is 41.7 Å². The van der Waals surface area contributed by atoms with E-state index in [2.05, 4.69) is 55.8 Å². The lowest BCUT2D eigenvalue weighted by atomic mass is 9.86. The van der Waals surface area contributed by atoms with Gasteiger partial charge >= 0.3 is 0 Å². The Morgan fingerprint density at radius 3 is 2.33 bits per heavy atom. The summed E-state index contributed by atoms with van der Waals surface area (Å²) in [5.74, 6) is 2.10. The van der Waals surface area contributed by atoms with E-state index in [1.807, 2.05) is 24.3 Å². The Balaban J connectivity index is 2.34. The van der Waals surface area contributed by atoms with E-state index in [0.717, 1.165) is 27.1 Å². The molecule has 0 aliphatic heterocycles. The highest BCUT2D eigenvalue weighted by molar-refractivity contribution is 9.10. The van der Waals surface area contributed by atoms with Gasteiger partial charge in [0, 0.05) is 10.0 Å². The zero-order valence-electron chi connectivity index (χ0n) is 12.8. The Bertz CT molecular complexity index is 644. The quantitative estimate of drug-likeness (QED) is 0.556. The van der Waals surface area contributed by atoms with Crippen LogP contribution in [0.15, 0.2) is 40.9 Å². The van der Waals surface area contributed by atoms with Crippen LogP contribution in [0.1, 0.15) is 37.5 Å². The van der Waals surface area contributed by atoms with Crippen molar-refractivity contribution >= 4 is 27.5 Å². The minimum Gasteiger partial charge on any atom is -0.457 e. The summed E-state index contributed by atoms with van der Waals surface area (Å²) in [6.07, 6.45) is 0. The molecule has 1 nitrogen and oxygen atoms in total. The number of aryl methyl sites for hydroxylation is 1. The van der Waals surface area contributed by atoms with Crippen LogP contribution in [0.3, 0.4) is 0 Å². The lowest BCUT2D eigenvalue weighted by molar-refractivity contribution is 0.473. The Morgan fingerprint density at radius 1 is 1.05 bits per heavy atom. The maximum atomic E-state index is 6.07. The maximum Gasteiger partial charge on any atom is 0.132 e. The van der Waals surface area contributed by atoms with Gasteiger partial charge in [0.15, 0.2) is 0 Å². The lowest BCUT2D eigenvalue weighted by Gasteiger charge is -2.21. The molecule has 0 atom stereocenters. The van der Waals surface area contributed by atoms with Crippen molar-refractivity contribution in [2.45, 2.75) is 39.0 Å². The fourth-order valence-electron chi connectivity index (χ4n) is 2.08. The molecule has 0 saturated heterocycles. The number of ether oxygens (including phenoxy) is 1. The number of rotatable bonds is 3. The molecule has 21 heavy (non-hydrogen) atoms. The van der Waals surface area contributed by atoms with Crippen LogP contribution in [0.5, 0.6) is 11.5 Å². The molecule has 0 saturated carbocycles. The third-order valence-corrected chi connectivity index (χ3v) is 4.22. The molecule has 0 spiro atoms. The molecule has 2 rings (SSSR count). The van der Waals surface area contributed by atoms with Crippen LogP contribution in [-0.2, 0) is 11.3 Å². The minimum atomic E-state index is 0.139. The smallest absolute Gasteiger partial charge is 0.132 e. The van der Waals surface area contributed by atoms with Crippen molar-refractivity contribution in [1.82, 2.24) is 0 Å². The summed E-state index contributed by atoms with van der Waals surface area (Å²) >= 11 is 9.45. The molecule has 2 aromatic carbocycles. The minimum absolute atomic E-state index is 0.139. The summed E-state index contributed by atoms with van der Waals surface area (Å²) in [7, 11) is 0. The first-order valence-corrected chi connectivity index (χ1v) is 8.27. The van der Waals surface area contributed by atoms with Gasteiger partial charge in [-0.1, -0.05) is 54.9 Å². The van der Waals surface area contributed by atoms with Crippen LogP contribution in [0, 0.1) is 6.92 Å². The van der Waals surface area contributed by atoms with Gasteiger partial charge in [-0.25, -0.2) is 0 Å². The molecule has 2 aromatic rings. The van der Waals surface area contributed by atoms with E-state index >= 15 is 0 Å². The highest BCUT2D eigenvalue weighted by atomic mass is 79.9. The van der Waals surface area contributed by atoms with E-state index < -0.39 is 0 Å². The van der Waals surface area contributed by atoms with E-state index in [4.69, 9.17) is 16.3 Å². The van der Waals surface area contributed by atoms with Gasteiger partial charge in [0.05, 0.1) is 5.88 Å². The second kappa shape index (κ2) is 6.41. The normalized spacial score (nSPS) is 11.5. The number of halogens is 2. The topological polar surface area (TPSA) is 9.23 Å². The van der Waals surface area contributed by atoms with Crippen molar-refractivity contribution in [3.63, 3.8) is 0 Å². The highest BCUT2D eigenvalue weighted by Crippen LogP contribution is 2.33. The van der Waals surface area contributed by atoms with E-state index in [-0.39, 0.29) is 5.41 Å². The average Bonchev–Trinajstić information content (AvgIpc) is 2.40. The van der Waals surface area contributed by atoms with Crippen LogP contribution < -0.4 is 4.74 Å². The van der Waals surface area contributed by atoms with Crippen molar-refractivity contribution in [3.05, 3.63) is 57.6 Å². The average molecular weight is 368 g/mol. The summed E-state index contributed by atoms with van der Waals surface area (Å²) in [6.45, 7) is 8.70. The fraction of sp³-hybridized carbons (Fsp3) is 0.333. The first kappa shape index (κ1) is 16.4. The van der Waals surface area contributed by atoms with Gasteiger partial charge in [-0.15, -0.1) is 11.6 Å². The molecule has 0 amide bonds. The summed E-state index contributed by atoms with van der Waals surface area (Å²) in [6, 6.07) is 12.3. The van der Waals surface area contributed by atoms with Crippen LogP contribution in [0.25, 0.3) is 0 Å². The van der Waals surface area contributed by atoms with Crippen molar-refractivity contribution in [2.75, 3.05) is 0 Å². The number of hydrogen-bond donors (Lipinski definition) is 0. The second-order valence-electron chi connectivity index (χ2n) is 6.22. The van der Waals surface area contributed by atoms with Crippen molar-refractivity contribution in [3.8, 4) is 11.5 Å². The predicted molar refractivity (Wildman–Crippen MR) is 93.7 cm³/mol. The first-order chi connectivity index (χ1) is 9.81. The van der Waals surface area contributed by atoms with Crippen molar-refractivity contribution < 1.29 is 4.74 Å². The molecule has 112 valence electrons. The lowest BCUT2D eigenvalue weighted by Crippen LogP contribution is -2.11. The fourth-order valence-corrected chi connectivity index (χ4v) is 2.64. The summed E-state index contributed by atoms with van der Waals surface area (Å²) in [5.41, 5.74) is 3.56. The number of alkyl halides is 1. The Morgan fingerprint density at radius 2 is 1.76 bits per heavy atom. The molecule has 0 bridgehead atoms. The molecule has 0 fully saturated rings. The summed E-state index contributed by atoms with van der Waals surface area (Å²) < 4.78 is 7.05. The standard InChI is InChI=1S/C18H20BrClO/c1-12-9-14(18(2,3)4)6-8-16(12)21-17-10-15(19)7-5-13(17)11-20/h5-10H,11H2,1-4H3. The van der Waals surface area contributed by atoms with Crippen molar-refractivity contribution in [1.29, 1.82) is 0 Å². The van der Waals surface area contributed by atoms with E-state index in [9.17, 15) is 0 Å². The van der Waals surface area contributed by atoms with E-state index in [0.29, 0.717) is 5.88 Å². The zero-order valence-corrected chi connectivity index (χ0v) is 15.2. The Kier molecular flexibility index (Phi) is 5.00. The molecule has 0 unspecified atom stereocenters. The number of benzene rings is 2. The third-order valence-electron chi connectivity index (χ3n) is 3.43. The monoisotopic (exact) mass is 366 g/mol. The third kappa shape index (κ3) is 4.02. The molecule has 0 N–H and O–H groups in total. The SMILES string of the molecule is Cc1cc(C(C)(C)C)ccc1Oc1cc(Br)ccc1CCl. The highest BCUT2D eigenvalue weighted by Gasteiger charge is 2.15. The molecule has 0 aromatic heterocycles. The van der Waals surface area contributed by atoms with Gasteiger partial charge in [-0.3, -0.25) is 0 Å². The summed E-state index contributed by atoms with van der Waals surface area (Å²) in [5, 5.41) is 0. The van der Waals surface area contributed by atoms with Crippen LogP contribution >= 0.6 is 27.5 Å². The molecule has 0 aliphatic rings. The molecular formula is C18H20BrClO.